The van der Waals surface area contributed by atoms with E-state index in [1.165, 1.54) is 0 Å². The quantitative estimate of drug-likeness (QED) is 0.584. The van der Waals surface area contributed by atoms with Crippen molar-refractivity contribution in [2.75, 3.05) is 0 Å². The Hall–Kier alpha value is -2.10. The van der Waals surface area contributed by atoms with Gasteiger partial charge in [0, 0.05) is 23.5 Å². The fourth-order valence-electron chi connectivity index (χ4n) is 1.18. The van der Waals surface area contributed by atoms with Gasteiger partial charge in [-0.05, 0) is 19.7 Å². The number of aromatic carboxylic acids is 1. The van der Waals surface area contributed by atoms with Crippen molar-refractivity contribution in [3.63, 3.8) is 0 Å². The Morgan fingerprint density at radius 1 is 1.67 bits per heavy atom. The lowest BCUT2D eigenvalue weighted by atomic mass is 10.1. The van der Waals surface area contributed by atoms with Crippen LogP contribution in [0.4, 0.5) is 0 Å². The maximum Gasteiger partial charge on any atom is 0.352 e. The predicted octanol–water partition coefficient (Wildman–Crippen LogP) is 2.33. The molecule has 1 aromatic rings. The number of hydrogen-bond donors (Lipinski definition) is 2. The number of hydrogen-bond acceptors (Lipinski definition) is 2. The molecule has 0 radical (unpaired) electrons. The van der Waals surface area contributed by atoms with E-state index >= 15 is 0 Å². The van der Waals surface area contributed by atoms with E-state index in [0.29, 0.717) is 0 Å². The van der Waals surface area contributed by atoms with E-state index in [4.69, 9.17) is 5.11 Å². The van der Waals surface area contributed by atoms with Crippen molar-refractivity contribution in [1.29, 1.82) is 0 Å². The van der Waals surface area contributed by atoms with Gasteiger partial charge in [-0.3, -0.25) is 4.99 Å². The summed E-state index contributed by atoms with van der Waals surface area (Å²) in [4.78, 5) is 17.0. The van der Waals surface area contributed by atoms with Crippen LogP contribution in [-0.4, -0.2) is 22.8 Å². The minimum atomic E-state index is -0.979. The van der Waals surface area contributed by atoms with E-state index in [1.807, 2.05) is 19.1 Å². The number of nitrogens with one attached hydrogen (secondary N) is 1. The van der Waals surface area contributed by atoms with E-state index in [1.54, 1.807) is 18.5 Å². The van der Waals surface area contributed by atoms with Crippen molar-refractivity contribution in [1.82, 2.24) is 4.98 Å². The second-order valence-corrected chi connectivity index (χ2v) is 2.87. The Bertz CT molecular complexity index is 428. The summed E-state index contributed by atoms with van der Waals surface area (Å²) in [6, 6.07) is 1.55. The van der Waals surface area contributed by atoms with Gasteiger partial charge in [-0.25, -0.2) is 4.79 Å². The average Bonchev–Trinajstić information content (AvgIpc) is 2.66. The number of allylic oxidation sites excluding steroid dienone is 3. The van der Waals surface area contributed by atoms with Crippen LogP contribution >= 0.6 is 0 Å². The first-order valence-electron chi connectivity index (χ1n) is 4.39. The second-order valence-electron chi connectivity index (χ2n) is 2.87. The summed E-state index contributed by atoms with van der Waals surface area (Å²) in [5.74, 6) is -0.979. The molecular formula is C11H12N2O2. The number of carboxylic acids is 1. The van der Waals surface area contributed by atoms with Gasteiger partial charge in [-0.1, -0.05) is 12.2 Å². The molecule has 1 heterocycles. The number of nitrogens with zero attached hydrogens (tertiary/aromatic N) is 1. The molecule has 0 amide bonds. The van der Waals surface area contributed by atoms with Crippen LogP contribution in [0.3, 0.4) is 0 Å². The highest BCUT2D eigenvalue weighted by atomic mass is 16.4. The highest BCUT2D eigenvalue weighted by Gasteiger charge is 2.07. The van der Waals surface area contributed by atoms with Crippen LogP contribution in [-0.2, 0) is 0 Å². The minimum Gasteiger partial charge on any atom is -0.477 e. The number of aliphatic imine (C=N–C) groups is 1. The first-order valence-corrected chi connectivity index (χ1v) is 4.39. The highest BCUT2D eigenvalue weighted by Crippen LogP contribution is 2.17. The van der Waals surface area contributed by atoms with Crippen LogP contribution in [0.2, 0.25) is 0 Å². The van der Waals surface area contributed by atoms with Crippen LogP contribution in [0.25, 0.3) is 5.57 Å². The van der Waals surface area contributed by atoms with Gasteiger partial charge in [-0.2, -0.15) is 0 Å². The standard InChI is InChI=1S/C11H12N2O2/c1-3-4-8(6-12-2)9-5-10(11(14)15)13-7-9/h3-7,13H,2H2,1H3,(H,14,15)/b4-3-,8-6+. The molecule has 0 unspecified atom stereocenters. The number of H-pyrrole nitrogens is 1. The van der Waals surface area contributed by atoms with Crippen molar-refractivity contribution in [3.05, 3.63) is 41.9 Å². The molecule has 0 bridgehead atoms. The minimum absolute atomic E-state index is 0.157. The molecule has 0 aromatic carbocycles. The molecule has 4 nitrogen and oxygen atoms in total. The molecule has 0 fully saturated rings. The fourth-order valence-corrected chi connectivity index (χ4v) is 1.18. The number of aromatic nitrogens is 1. The van der Waals surface area contributed by atoms with E-state index in [2.05, 4.69) is 16.7 Å². The largest absolute Gasteiger partial charge is 0.477 e. The predicted molar refractivity (Wildman–Crippen MR) is 60.1 cm³/mol. The molecule has 0 aliphatic rings. The third-order valence-electron chi connectivity index (χ3n) is 1.82. The van der Waals surface area contributed by atoms with Crippen molar-refractivity contribution in [3.8, 4) is 0 Å². The summed E-state index contributed by atoms with van der Waals surface area (Å²) < 4.78 is 0. The Labute approximate surface area is 87.7 Å². The summed E-state index contributed by atoms with van der Waals surface area (Å²) >= 11 is 0. The first-order chi connectivity index (χ1) is 7.19. The Morgan fingerprint density at radius 3 is 2.87 bits per heavy atom. The Balaban J connectivity index is 3.07. The number of carbonyl (C=O) groups is 1. The van der Waals surface area contributed by atoms with Crippen LogP contribution in [0.5, 0.6) is 0 Å². The zero-order valence-corrected chi connectivity index (χ0v) is 8.40. The van der Waals surface area contributed by atoms with Gasteiger partial charge in [0.05, 0.1) is 0 Å². The summed E-state index contributed by atoms with van der Waals surface area (Å²) in [6.07, 6.45) is 6.89. The summed E-state index contributed by atoms with van der Waals surface area (Å²) in [5.41, 5.74) is 1.75. The SMILES string of the molecule is C=N/C=C(\C=C/C)c1c[nH]c(C(=O)O)c1. The molecule has 0 saturated carbocycles. The maximum absolute atomic E-state index is 10.6. The van der Waals surface area contributed by atoms with Crippen molar-refractivity contribution >= 4 is 18.3 Å². The zero-order valence-electron chi connectivity index (χ0n) is 8.40. The van der Waals surface area contributed by atoms with Crippen LogP contribution in [0, 0.1) is 0 Å². The van der Waals surface area contributed by atoms with Gasteiger partial charge in [0.25, 0.3) is 0 Å². The number of carboxylic acid groups (broad SMARTS) is 1. The highest BCUT2D eigenvalue weighted by molar-refractivity contribution is 5.88. The second kappa shape index (κ2) is 4.95. The molecule has 0 aliphatic carbocycles. The number of rotatable bonds is 4. The van der Waals surface area contributed by atoms with E-state index in [0.717, 1.165) is 11.1 Å². The molecule has 0 saturated heterocycles. The average molecular weight is 204 g/mol. The van der Waals surface area contributed by atoms with Gasteiger partial charge in [0.2, 0.25) is 0 Å². The van der Waals surface area contributed by atoms with Gasteiger partial charge in [-0.15, -0.1) is 0 Å². The monoisotopic (exact) mass is 204 g/mol. The zero-order chi connectivity index (χ0) is 11.3. The third-order valence-corrected chi connectivity index (χ3v) is 1.82. The van der Waals surface area contributed by atoms with Gasteiger partial charge >= 0.3 is 5.97 Å². The van der Waals surface area contributed by atoms with Crippen molar-refractivity contribution in [2.24, 2.45) is 4.99 Å². The van der Waals surface area contributed by atoms with E-state index in [9.17, 15) is 4.79 Å². The first kappa shape index (κ1) is 11.0. The molecule has 0 atom stereocenters. The third kappa shape index (κ3) is 2.67. The lowest BCUT2D eigenvalue weighted by Crippen LogP contribution is -1.94. The molecule has 4 heteroatoms. The normalized spacial score (nSPS) is 11.9. The smallest absolute Gasteiger partial charge is 0.352 e. The molecule has 78 valence electrons. The summed E-state index contributed by atoms with van der Waals surface area (Å²) in [7, 11) is 0. The molecule has 15 heavy (non-hydrogen) atoms. The van der Waals surface area contributed by atoms with E-state index < -0.39 is 5.97 Å². The molecule has 2 N–H and O–H groups in total. The lowest BCUT2D eigenvalue weighted by Gasteiger charge is -1.94. The van der Waals surface area contributed by atoms with E-state index in [-0.39, 0.29) is 5.69 Å². The number of aromatic amines is 1. The summed E-state index contributed by atoms with van der Waals surface area (Å²) in [6.45, 7) is 5.24. The molecule has 0 aliphatic heterocycles. The molecule has 0 spiro atoms. The molecule has 1 rings (SSSR count). The van der Waals surface area contributed by atoms with Crippen molar-refractivity contribution < 1.29 is 9.90 Å². The Morgan fingerprint density at radius 2 is 2.40 bits per heavy atom. The lowest BCUT2D eigenvalue weighted by molar-refractivity contribution is 0.0691. The maximum atomic E-state index is 10.6. The van der Waals surface area contributed by atoms with Crippen LogP contribution in [0.15, 0.2) is 35.6 Å². The van der Waals surface area contributed by atoms with Gasteiger partial charge < -0.3 is 10.1 Å². The van der Waals surface area contributed by atoms with Crippen LogP contribution < -0.4 is 0 Å². The fraction of sp³-hybridized carbons (Fsp3) is 0.0909. The van der Waals surface area contributed by atoms with Crippen molar-refractivity contribution in [2.45, 2.75) is 6.92 Å². The van der Waals surface area contributed by atoms with Gasteiger partial charge in [0.15, 0.2) is 0 Å². The Kier molecular flexibility index (Phi) is 3.62. The topological polar surface area (TPSA) is 65.5 Å². The summed E-state index contributed by atoms with van der Waals surface area (Å²) in [5, 5.41) is 8.74. The molecular weight excluding hydrogens is 192 g/mol. The molecule has 1 aromatic heterocycles. The van der Waals surface area contributed by atoms with Gasteiger partial charge in [0.1, 0.15) is 5.69 Å². The van der Waals surface area contributed by atoms with Crippen LogP contribution in [0.1, 0.15) is 23.0 Å².